The van der Waals surface area contributed by atoms with Crippen LogP contribution in [0.3, 0.4) is 0 Å². The van der Waals surface area contributed by atoms with Gasteiger partial charge in [-0.1, -0.05) is 0 Å². The molecule has 6 nitrogen and oxygen atoms in total. The predicted octanol–water partition coefficient (Wildman–Crippen LogP) is 1.14. The van der Waals surface area contributed by atoms with Crippen molar-refractivity contribution in [3.8, 4) is 0 Å². The number of carboxylic acids is 1. The Morgan fingerprint density at radius 2 is 1.89 bits per heavy atom. The molecule has 19 heavy (non-hydrogen) atoms. The molecular formula is C13H18N2O4. The van der Waals surface area contributed by atoms with Gasteiger partial charge >= 0.3 is 5.97 Å². The lowest BCUT2D eigenvalue weighted by Crippen LogP contribution is -2.50. The topological polar surface area (TPSA) is 74.0 Å². The number of hydrogen-bond acceptors (Lipinski definition) is 4. The molecule has 0 saturated carbocycles. The van der Waals surface area contributed by atoms with E-state index < -0.39 is 5.97 Å². The summed E-state index contributed by atoms with van der Waals surface area (Å²) < 4.78 is 5.03. The third-order valence-corrected chi connectivity index (χ3v) is 3.42. The summed E-state index contributed by atoms with van der Waals surface area (Å²) in [4.78, 5) is 27.1. The highest BCUT2D eigenvalue weighted by Gasteiger charge is 2.28. The van der Waals surface area contributed by atoms with Gasteiger partial charge in [-0.25, -0.2) is 4.79 Å². The quantitative estimate of drug-likeness (QED) is 0.888. The van der Waals surface area contributed by atoms with E-state index in [2.05, 4.69) is 18.7 Å². The summed E-state index contributed by atoms with van der Waals surface area (Å²) in [5.74, 6) is -1.56. The van der Waals surface area contributed by atoms with Crippen molar-refractivity contribution in [3.63, 3.8) is 0 Å². The lowest BCUT2D eigenvalue weighted by molar-refractivity contribution is 0.0552. The summed E-state index contributed by atoms with van der Waals surface area (Å²) in [7, 11) is 0. The highest BCUT2D eigenvalue weighted by molar-refractivity contribution is 6.02. The second-order valence-electron chi connectivity index (χ2n) is 4.89. The number of carboxylic acid groups (broad SMARTS) is 1. The van der Waals surface area contributed by atoms with Gasteiger partial charge in [-0.15, -0.1) is 0 Å². The van der Waals surface area contributed by atoms with Crippen LogP contribution in [0.15, 0.2) is 16.7 Å². The first-order valence-corrected chi connectivity index (χ1v) is 6.35. The molecule has 1 fully saturated rings. The van der Waals surface area contributed by atoms with Gasteiger partial charge in [0.2, 0.25) is 5.76 Å². The van der Waals surface area contributed by atoms with Gasteiger partial charge in [-0.05, 0) is 19.9 Å². The Balaban J connectivity index is 2.05. The maximum Gasteiger partial charge on any atom is 0.339 e. The Labute approximate surface area is 111 Å². The summed E-state index contributed by atoms with van der Waals surface area (Å²) in [6, 6.07) is 1.76. The summed E-state index contributed by atoms with van der Waals surface area (Å²) in [6.07, 6.45) is 1.24. The molecule has 1 N–H and O–H groups in total. The highest BCUT2D eigenvalue weighted by Crippen LogP contribution is 2.15. The molecule has 0 spiro atoms. The van der Waals surface area contributed by atoms with Crippen LogP contribution in [-0.2, 0) is 0 Å². The molecule has 2 heterocycles. The minimum Gasteiger partial charge on any atom is -0.478 e. The van der Waals surface area contributed by atoms with Crippen LogP contribution < -0.4 is 0 Å². The third kappa shape index (κ3) is 2.78. The van der Waals surface area contributed by atoms with E-state index in [9.17, 15) is 9.59 Å². The fourth-order valence-electron chi connectivity index (χ4n) is 2.23. The normalized spacial score (nSPS) is 16.9. The average Bonchev–Trinajstić information content (AvgIpc) is 2.87. The summed E-state index contributed by atoms with van der Waals surface area (Å²) in [5.41, 5.74) is -0.0729. The Morgan fingerprint density at radius 1 is 1.26 bits per heavy atom. The molecule has 1 aromatic heterocycles. The predicted molar refractivity (Wildman–Crippen MR) is 68.3 cm³/mol. The van der Waals surface area contributed by atoms with Gasteiger partial charge in [-0.2, -0.15) is 0 Å². The molecule has 6 heteroatoms. The number of carbonyl (C=O) groups is 2. The van der Waals surface area contributed by atoms with Gasteiger partial charge in [0.05, 0.1) is 6.26 Å². The van der Waals surface area contributed by atoms with Crippen molar-refractivity contribution in [1.82, 2.24) is 9.80 Å². The lowest BCUT2D eigenvalue weighted by Gasteiger charge is -2.36. The number of carbonyl (C=O) groups excluding carboxylic acids is 1. The van der Waals surface area contributed by atoms with Crippen molar-refractivity contribution >= 4 is 11.9 Å². The fourth-order valence-corrected chi connectivity index (χ4v) is 2.23. The van der Waals surface area contributed by atoms with E-state index in [1.54, 1.807) is 4.90 Å². The number of furan rings is 1. The second kappa shape index (κ2) is 5.44. The first-order valence-electron chi connectivity index (χ1n) is 6.35. The monoisotopic (exact) mass is 266 g/mol. The molecule has 0 aromatic carbocycles. The van der Waals surface area contributed by atoms with Gasteiger partial charge in [0.1, 0.15) is 5.56 Å². The number of nitrogens with zero attached hydrogens (tertiary/aromatic N) is 2. The minimum absolute atomic E-state index is 0.0729. The van der Waals surface area contributed by atoms with Gasteiger partial charge in [0.25, 0.3) is 5.91 Å². The Hall–Kier alpha value is -1.82. The van der Waals surface area contributed by atoms with E-state index in [0.29, 0.717) is 19.1 Å². The van der Waals surface area contributed by atoms with Crippen molar-refractivity contribution in [2.75, 3.05) is 26.2 Å². The van der Waals surface area contributed by atoms with Crippen LogP contribution >= 0.6 is 0 Å². The number of aromatic carboxylic acids is 1. The summed E-state index contributed by atoms with van der Waals surface area (Å²) in [6.45, 7) is 7.02. The van der Waals surface area contributed by atoms with E-state index in [1.165, 1.54) is 12.3 Å². The second-order valence-corrected chi connectivity index (χ2v) is 4.89. The van der Waals surface area contributed by atoms with E-state index in [1.807, 2.05) is 0 Å². The fraction of sp³-hybridized carbons (Fsp3) is 0.538. The highest BCUT2D eigenvalue weighted by atomic mass is 16.4. The van der Waals surface area contributed by atoms with Gasteiger partial charge in [0, 0.05) is 32.2 Å². The molecule has 2 rings (SSSR count). The molecule has 0 atom stereocenters. The van der Waals surface area contributed by atoms with E-state index >= 15 is 0 Å². The van der Waals surface area contributed by atoms with Gasteiger partial charge < -0.3 is 14.4 Å². The minimum atomic E-state index is -1.14. The van der Waals surface area contributed by atoms with Gasteiger partial charge in [0.15, 0.2) is 0 Å². The van der Waals surface area contributed by atoms with E-state index in [4.69, 9.17) is 9.52 Å². The van der Waals surface area contributed by atoms with E-state index in [-0.39, 0.29) is 17.2 Å². The smallest absolute Gasteiger partial charge is 0.339 e. The number of piperazine rings is 1. The van der Waals surface area contributed by atoms with Gasteiger partial charge in [-0.3, -0.25) is 9.69 Å². The first kappa shape index (κ1) is 13.6. The zero-order valence-corrected chi connectivity index (χ0v) is 11.1. The summed E-state index contributed by atoms with van der Waals surface area (Å²) >= 11 is 0. The standard InChI is InChI=1S/C13H18N2O4/c1-9(2)14-4-6-15(7-5-14)12(16)11-10(13(17)18)3-8-19-11/h3,8-9H,4-7H2,1-2H3,(H,17,18). The zero-order valence-electron chi connectivity index (χ0n) is 11.1. The average molecular weight is 266 g/mol. The number of amides is 1. The van der Waals surface area contributed by atoms with Crippen molar-refractivity contribution < 1.29 is 19.1 Å². The summed E-state index contributed by atoms with van der Waals surface area (Å²) in [5, 5.41) is 8.98. The van der Waals surface area contributed by atoms with Crippen molar-refractivity contribution in [1.29, 1.82) is 0 Å². The van der Waals surface area contributed by atoms with Crippen LogP contribution in [0.25, 0.3) is 0 Å². The Bertz CT molecular complexity index is 473. The van der Waals surface area contributed by atoms with Crippen molar-refractivity contribution in [3.05, 3.63) is 23.7 Å². The van der Waals surface area contributed by atoms with Crippen LogP contribution in [-0.4, -0.2) is 59.0 Å². The van der Waals surface area contributed by atoms with Crippen LogP contribution in [0.4, 0.5) is 0 Å². The molecule has 1 saturated heterocycles. The number of rotatable bonds is 3. The SMILES string of the molecule is CC(C)N1CCN(C(=O)c2occc2C(=O)O)CC1. The molecule has 0 bridgehead atoms. The van der Waals surface area contributed by atoms with Crippen LogP contribution in [0.1, 0.15) is 34.8 Å². The molecule has 104 valence electrons. The van der Waals surface area contributed by atoms with Crippen LogP contribution in [0, 0.1) is 0 Å². The lowest BCUT2D eigenvalue weighted by atomic mass is 10.2. The maximum absolute atomic E-state index is 12.2. The van der Waals surface area contributed by atoms with E-state index in [0.717, 1.165) is 13.1 Å². The molecule has 0 aliphatic carbocycles. The molecule has 0 radical (unpaired) electrons. The molecule has 1 aliphatic heterocycles. The van der Waals surface area contributed by atoms with Crippen LogP contribution in [0.2, 0.25) is 0 Å². The Morgan fingerprint density at radius 3 is 2.42 bits per heavy atom. The number of hydrogen-bond donors (Lipinski definition) is 1. The van der Waals surface area contributed by atoms with Crippen molar-refractivity contribution in [2.24, 2.45) is 0 Å². The largest absolute Gasteiger partial charge is 0.478 e. The zero-order chi connectivity index (χ0) is 14.0. The third-order valence-electron chi connectivity index (χ3n) is 3.42. The maximum atomic E-state index is 12.2. The Kier molecular flexibility index (Phi) is 3.90. The first-order chi connectivity index (χ1) is 9.00. The molecule has 1 aliphatic rings. The molecular weight excluding hydrogens is 248 g/mol. The van der Waals surface area contributed by atoms with Crippen molar-refractivity contribution in [2.45, 2.75) is 19.9 Å². The molecule has 0 unspecified atom stereocenters. The molecule has 1 amide bonds. The van der Waals surface area contributed by atoms with Crippen LogP contribution in [0.5, 0.6) is 0 Å². The molecule has 1 aromatic rings.